The fourth-order valence-electron chi connectivity index (χ4n) is 2.30. The molecule has 0 spiro atoms. The zero-order valence-electron chi connectivity index (χ0n) is 11.9. The number of benzene rings is 1. The van der Waals surface area contributed by atoms with Crippen molar-refractivity contribution in [2.75, 3.05) is 6.54 Å². The van der Waals surface area contributed by atoms with Crippen LogP contribution in [-0.2, 0) is 16.6 Å². The van der Waals surface area contributed by atoms with Crippen molar-refractivity contribution in [3.8, 4) is 0 Å². The molecule has 1 aromatic rings. The fourth-order valence-corrected chi connectivity index (χ4v) is 4.35. The summed E-state index contributed by atoms with van der Waals surface area (Å²) in [4.78, 5) is 0.341. The molecular formula is C15H21BrN2O2S. The predicted molar refractivity (Wildman–Crippen MR) is 86.5 cm³/mol. The van der Waals surface area contributed by atoms with E-state index in [4.69, 9.17) is 0 Å². The second-order valence-corrected chi connectivity index (χ2v) is 8.64. The maximum atomic E-state index is 12.4. The van der Waals surface area contributed by atoms with Crippen LogP contribution in [0.5, 0.6) is 0 Å². The maximum absolute atomic E-state index is 12.4. The first-order chi connectivity index (χ1) is 10.0. The van der Waals surface area contributed by atoms with Crippen LogP contribution >= 0.6 is 15.9 Å². The summed E-state index contributed by atoms with van der Waals surface area (Å²) in [5.41, 5.74) is 1.01. The van der Waals surface area contributed by atoms with Crippen molar-refractivity contribution in [1.29, 1.82) is 0 Å². The molecule has 0 bridgehead atoms. The minimum atomic E-state index is -3.43. The Morgan fingerprint density at radius 1 is 1.19 bits per heavy atom. The first kappa shape index (κ1) is 15.5. The maximum Gasteiger partial charge on any atom is 0.241 e. The van der Waals surface area contributed by atoms with Gasteiger partial charge in [0.15, 0.2) is 0 Å². The molecule has 2 N–H and O–H groups in total. The molecule has 2 aliphatic rings. The second kappa shape index (κ2) is 6.36. The Balaban J connectivity index is 1.66. The highest BCUT2D eigenvalue weighted by molar-refractivity contribution is 9.10. The first-order valence-electron chi connectivity index (χ1n) is 7.56. The number of rotatable bonds is 8. The molecule has 2 fully saturated rings. The van der Waals surface area contributed by atoms with Gasteiger partial charge < -0.3 is 5.32 Å². The van der Waals surface area contributed by atoms with E-state index < -0.39 is 10.0 Å². The van der Waals surface area contributed by atoms with E-state index in [9.17, 15) is 8.42 Å². The Morgan fingerprint density at radius 3 is 2.62 bits per heavy atom. The van der Waals surface area contributed by atoms with E-state index in [1.807, 2.05) is 12.1 Å². The third kappa shape index (κ3) is 4.52. The largest absolute Gasteiger partial charge is 0.310 e. The molecule has 0 heterocycles. The van der Waals surface area contributed by atoms with Crippen LogP contribution < -0.4 is 10.0 Å². The van der Waals surface area contributed by atoms with Crippen molar-refractivity contribution >= 4 is 26.0 Å². The monoisotopic (exact) mass is 372 g/mol. The average molecular weight is 373 g/mol. The third-order valence-electron chi connectivity index (χ3n) is 4.00. The van der Waals surface area contributed by atoms with Crippen LogP contribution in [0.1, 0.15) is 37.7 Å². The van der Waals surface area contributed by atoms with Gasteiger partial charge in [0.25, 0.3) is 0 Å². The lowest BCUT2D eigenvalue weighted by atomic mass is 10.2. The van der Waals surface area contributed by atoms with Crippen molar-refractivity contribution in [2.24, 2.45) is 5.92 Å². The normalized spacial score (nSPS) is 18.9. The Morgan fingerprint density at radius 2 is 1.95 bits per heavy atom. The molecule has 0 atom stereocenters. The Bertz CT molecular complexity index is 610. The van der Waals surface area contributed by atoms with Crippen LogP contribution in [0.15, 0.2) is 27.6 Å². The summed E-state index contributed by atoms with van der Waals surface area (Å²) in [7, 11) is -3.43. The van der Waals surface area contributed by atoms with Crippen LogP contribution in [0.4, 0.5) is 0 Å². The van der Waals surface area contributed by atoms with Crippen molar-refractivity contribution in [1.82, 2.24) is 10.0 Å². The molecule has 21 heavy (non-hydrogen) atoms. The first-order valence-corrected chi connectivity index (χ1v) is 9.84. The van der Waals surface area contributed by atoms with Crippen LogP contribution in [-0.4, -0.2) is 21.0 Å². The van der Waals surface area contributed by atoms with E-state index in [2.05, 4.69) is 26.0 Å². The molecule has 2 saturated carbocycles. The minimum absolute atomic E-state index is 0.341. The van der Waals surface area contributed by atoms with Crippen molar-refractivity contribution in [3.05, 3.63) is 28.2 Å². The van der Waals surface area contributed by atoms with Crippen LogP contribution in [0.25, 0.3) is 0 Å². The molecule has 116 valence electrons. The summed E-state index contributed by atoms with van der Waals surface area (Å²) < 4.78 is 28.1. The van der Waals surface area contributed by atoms with Crippen molar-refractivity contribution < 1.29 is 8.42 Å². The van der Waals surface area contributed by atoms with E-state index in [1.54, 1.807) is 6.07 Å². The lowest BCUT2D eigenvalue weighted by molar-refractivity contribution is 0.574. The quantitative estimate of drug-likeness (QED) is 0.737. The highest BCUT2D eigenvalue weighted by Gasteiger charge is 2.24. The Kier molecular flexibility index (Phi) is 4.69. The molecule has 1 aromatic carbocycles. The van der Waals surface area contributed by atoms with Gasteiger partial charge in [0.05, 0.1) is 4.90 Å². The van der Waals surface area contributed by atoms with Crippen molar-refractivity contribution in [2.45, 2.75) is 49.6 Å². The Labute approximate surface area is 134 Å². The van der Waals surface area contributed by atoms with Crippen molar-refractivity contribution in [3.63, 3.8) is 0 Å². The molecular weight excluding hydrogens is 352 g/mol. The van der Waals surface area contributed by atoms with E-state index in [-0.39, 0.29) is 0 Å². The van der Waals surface area contributed by atoms with E-state index >= 15 is 0 Å². The SMILES string of the molecule is O=S(=O)(NCCC1CC1)c1cc(CNC2CC2)ccc1Br. The summed E-state index contributed by atoms with van der Waals surface area (Å²) in [6, 6.07) is 6.16. The molecule has 6 heteroatoms. The number of hydrogen-bond acceptors (Lipinski definition) is 3. The molecule has 0 aliphatic heterocycles. The van der Waals surface area contributed by atoms with Gasteiger partial charge in [-0.1, -0.05) is 18.9 Å². The molecule has 4 nitrogen and oxygen atoms in total. The summed E-state index contributed by atoms with van der Waals surface area (Å²) in [6.07, 6.45) is 5.88. The number of sulfonamides is 1. The van der Waals surface area contributed by atoms with Crippen LogP contribution in [0.3, 0.4) is 0 Å². The van der Waals surface area contributed by atoms with Gasteiger partial charge in [-0.05, 0) is 58.8 Å². The number of halogens is 1. The van der Waals surface area contributed by atoms with Crippen LogP contribution in [0.2, 0.25) is 0 Å². The van der Waals surface area contributed by atoms with E-state index in [0.29, 0.717) is 22.0 Å². The molecule has 3 rings (SSSR count). The van der Waals surface area contributed by atoms with Gasteiger partial charge in [-0.15, -0.1) is 0 Å². The zero-order valence-corrected chi connectivity index (χ0v) is 14.3. The third-order valence-corrected chi connectivity index (χ3v) is 6.45. The number of hydrogen-bond donors (Lipinski definition) is 2. The Hall–Kier alpha value is -0.430. The van der Waals surface area contributed by atoms with Gasteiger partial charge in [0, 0.05) is 23.6 Å². The van der Waals surface area contributed by atoms with Gasteiger partial charge in [-0.3, -0.25) is 0 Å². The molecule has 0 unspecified atom stereocenters. The smallest absolute Gasteiger partial charge is 0.241 e. The standard InChI is InChI=1S/C15H21BrN2O2S/c16-14-6-3-12(10-17-13-4-5-13)9-15(14)21(19,20)18-8-7-11-1-2-11/h3,6,9,11,13,17-18H,1-2,4-5,7-8,10H2. The fraction of sp³-hybridized carbons (Fsp3) is 0.600. The van der Waals surface area contributed by atoms with Gasteiger partial charge in [0.1, 0.15) is 0 Å². The van der Waals surface area contributed by atoms with E-state index in [0.717, 1.165) is 24.4 Å². The van der Waals surface area contributed by atoms with Gasteiger partial charge in [0.2, 0.25) is 10.0 Å². The lowest BCUT2D eigenvalue weighted by Crippen LogP contribution is -2.25. The van der Waals surface area contributed by atoms with Gasteiger partial charge in [-0.2, -0.15) is 0 Å². The molecule has 0 radical (unpaired) electrons. The summed E-state index contributed by atoms with van der Waals surface area (Å²) in [6.45, 7) is 1.26. The topological polar surface area (TPSA) is 58.2 Å². The highest BCUT2D eigenvalue weighted by atomic mass is 79.9. The molecule has 2 aliphatic carbocycles. The molecule has 0 aromatic heterocycles. The second-order valence-electron chi connectivity index (χ2n) is 6.05. The molecule has 0 amide bonds. The van der Waals surface area contributed by atoms with Gasteiger partial charge in [-0.25, -0.2) is 13.1 Å². The summed E-state index contributed by atoms with van der Waals surface area (Å²) >= 11 is 3.35. The average Bonchev–Trinajstić information content (AvgIpc) is 3.32. The van der Waals surface area contributed by atoms with E-state index in [1.165, 1.54) is 25.7 Å². The summed E-state index contributed by atoms with van der Waals surface area (Å²) in [5.74, 6) is 0.727. The van der Waals surface area contributed by atoms with Gasteiger partial charge >= 0.3 is 0 Å². The number of nitrogens with one attached hydrogen (secondary N) is 2. The molecule has 0 saturated heterocycles. The predicted octanol–water partition coefficient (Wildman–Crippen LogP) is 2.78. The van der Waals surface area contributed by atoms with Crippen LogP contribution in [0, 0.1) is 5.92 Å². The minimum Gasteiger partial charge on any atom is -0.310 e. The summed E-state index contributed by atoms with van der Waals surface area (Å²) in [5, 5.41) is 3.41. The lowest BCUT2D eigenvalue weighted by Gasteiger charge is -2.11. The zero-order chi connectivity index (χ0) is 14.9. The highest BCUT2D eigenvalue weighted by Crippen LogP contribution is 2.32.